The molecule has 0 saturated heterocycles. The first-order chi connectivity index (χ1) is 11.0. The van der Waals surface area contributed by atoms with E-state index in [0.717, 1.165) is 20.9 Å². The highest BCUT2D eigenvalue weighted by atomic mass is 35.5. The van der Waals surface area contributed by atoms with Gasteiger partial charge in [0.25, 0.3) is 0 Å². The Morgan fingerprint density at radius 3 is 2.48 bits per heavy atom. The number of aromatic hydroxyl groups is 1. The molecule has 0 aliphatic heterocycles. The lowest BCUT2D eigenvalue weighted by molar-refractivity contribution is 0.417. The molecule has 23 heavy (non-hydrogen) atoms. The van der Waals surface area contributed by atoms with E-state index in [0.29, 0.717) is 9.92 Å². The van der Waals surface area contributed by atoms with E-state index >= 15 is 0 Å². The van der Waals surface area contributed by atoms with Crippen molar-refractivity contribution in [3.05, 3.63) is 69.9 Å². The second kappa shape index (κ2) is 6.14. The molecule has 2 aromatic carbocycles. The Hall–Kier alpha value is -2.18. The molecular weight excluding hydrogens is 339 g/mol. The molecule has 0 fully saturated rings. The van der Waals surface area contributed by atoms with E-state index in [2.05, 4.69) is 0 Å². The Morgan fingerprint density at radius 1 is 1.13 bits per heavy atom. The largest absolute Gasteiger partial charge is 0.492 e. The number of aromatic nitrogens is 2. The van der Waals surface area contributed by atoms with Crippen LogP contribution in [0, 0.1) is 5.82 Å². The fourth-order valence-electron chi connectivity index (χ4n) is 2.14. The van der Waals surface area contributed by atoms with Crippen LogP contribution < -0.4 is 5.69 Å². The number of imidazole rings is 1. The first kappa shape index (κ1) is 15.7. The predicted octanol–water partition coefficient (Wildman–Crippen LogP) is 3.83. The third-order valence-electron chi connectivity index (χ3n) is 3.33. The molecule has 3 aromatic rings. The van der Waals surface area contributed by atoms with Crippen LogP contribution in [0.25, 0.3) is 5.69 Å². The van der Waals surface area contributed by atoms with Gasteiger partial charge in [0, 0.05) is 11.9 Å². The second-order valence-electron chi connectivity index (χ2n) is 4.79. The van der Waals surface area contributed by atoms with Gasteiger partial charge in [0.2, 0.25) is 5.88 Å². The third kappa shape index (κ3) is 2.75. The molecule has 0 aliphatic carbocycles. The van der Waals surface area contributed by atoms with Crippen LogP contribution in [0.5, 0.6) is 5.88 Å². The lowest BCUT2D eigenvalue weighted by Crippen LogP contribution is -2.22. The number of halogens is 2. The highest BCUT2D eigenvalue weighted by Gasteiger charge is 2.22. The summed E-state index contributed by atoms with van der Waals surface area (Å²) in [5.74, 6) is -0.801. The fourth-order valence-corrected chi connectivity index (χ4v) is 3.41. The Morgan fingerprint density at radius 2 is 1.78 bits per heavy atom. The molecule has 118 valence electrons. The van der Waals surface area contributed by atoms with Crippen LogP contribution in [-0.2, 0) is 7.05 Å². The number of benzene rings is 2. The summed E-state index contributed by atoms with van der Waals surface area (Å²) in [7, 11) is 1.42. The van der Waals surface area contributed by atoms with Gasteiger partial charge in [0.1, 0.15) is 10.8 Å². The molecule has 0 bridgehead atoms. The summed E-state index contributed by atoms with van der Waals surface area (Å²) in [6.45, 7) is 0. The van der Waals surface area contributed by atoms with E-state index in [1.807, 2.05) is 0 Å². The molecule has 0 spiro atoms. The number of para-hydroxylation sites is 1. The van der Waals surface area contributed by atoms with Crippen LogP contribution in [0.3, 0.4) is 0 Å². The Kier molecular flexibility index (Phi) is 4.19. The minimum Gasteiger partial charge on any atom is -0.492 e. The first-order valence-electron chi connectivity index (χ1n) is 6.68. The van der Waals surface area contributed by atoms with Gasteiger partial charge in [-0.1, -0.05) is 47.6 Å². The van der Waals surface area contributed by atoms with Gasteiger partial charge in [-0.3, -0.25) is 4.57 Å². The molecule has 1 N–H and O–H groups in total. The highest BCUT2D eigenvalue weighted by Crippen LogP contribution is 2.38. The van der Waals surface area contributed by atoms with Gasteiger partial charge in [-0.2, -0.15) is 0 Å². The van der Waals surface area contributed by atoms with Gasteiger partial charge < -0.3 is 5.11 Å². The Bertz CT molecular complexity index is 936. The molecule has 0 aliphatic rings. The molecule has 3 rings (SSSR count). The molecular formula is C16H12ClFN2O2S. The summed E-state index contributed by atoms with van der Waals surface area (Å²) < 4.78 is 16.3. The van der Waals surface area contributed by atoms with E-state index in [-0.39, 0.29) is 16.6 Å². The molecule has 7 heteroatoms. The van der Waals surface area contributed by atoms with E-state index in [1.165, 1.54) is 25.2 Å². The zero-order chi connectivity index (χ0) is 16.6. The van der Waals surface area contributed by atoms with Crippen molar-refractivity contribution in [1.82, 2.24) is 9.13 Å². The summed E-state index contributed by atoms with van der Waals surface area (Å²) in [5.41, 5.74) is -0.467. The summed E-state index contributed by atoms with van der Waals surface area (Å²) >= 11 is 7.23. The number of hydrogen-bond acceptors (Lipinski definition) is 3. The second-order valence-corrected chi connectivity index (χ2v) is 6.23. The molecule has 0 unspecified atom stereocenters. The van der Waals surface area contributed by atoms with Crippen LogP contribution in [0.2, 0.25) is 5.02 Å². The predicted molar refractivity (Wildman–Crippen MR) is 88.2 cm³/mol. The number of hydrogen-bond donors (Lipinski definition) is 1. The molecule has 0 saturated carbocycles. The molecule has 1 heterocycles. The topological polar surface area (TPSA) is 47.2 Å². The van der Waals surface area contributed by atoms with Crippen molar-refractivity contribution in [3.8, 4) is 11.6 Å². The van der Waals surface area contributed by atoms with E-state index in [9.17, 15) is 14.3 Å². The number of nitrogens with zero attached hydrogens (tertiary/aromatic N) is 2. The molecule has 0 atom stereocenters. The fraction of sp³-hybridized carbons (Fsp3) is 0.0625. The van der Waals surface area contributed by atoms with Crippen molar-refractivity contribution in [2.45, 2.75) is 9.92 Å². The van der Waals surface area contributed by atoms with E-state index in [4.69, 9.17) is 11.6 Å². The average Bonchev–Trinajstić information content (AvgIpc) is 2.75. The normalized spacial score (nSPS) is 10.9. The van der Waals surface area contributed by atoms with Crippen molar-refractivity contribution in [2.75, 3.05) is 0 Å². The maximum Gasteiger partial charge on any atom is 0.336 e. The number of rotatable bonds is 3. The van der Waals surface area contributed by atoms with Crippen LogP contribution in [-0.4, -0.2) is 14.2 Å². The lowest BCUT2D eigenvalue weighted by Gasteiger charge is -2.09. The zero-order valence-corrected chi connectivity index (χ0v) is 13.6. The van der Waals surface area contributed by atoms with Gasteiger partial charge in [-0.25, -0.2) is 13.8 Å². The Labute approximate surface area is 140 Å². The van der Waals surface area contributed by atoms with Crippen molar-refractivity contribution in [2.24, 2.45) is 7.05 Å². The maximum atomic E-state index is 14.1. The average molecular weight is 351 g/mol. The van der Waals surface area contributed by atoms with Gasteiger partial charge in [-0.05, 0) is 24.3 Å². The van der Waals surface area contributed by atoms with Crippen LogP contribution in [0.15, 0.2) is 63.2 Å². The third-order valence-corrected chi connectivity index (χ3v) is 4.90. The molecule has 4 nitrogen and oxygen atoms in total. The summed E-state index contributed by atoms with van der Waals surface area (Å²) in [5, 5.41) is 10.9. The Balaban J connectivity index is 2.22. The van der Waals surface area contributed by atoms with Crippen molar-refractivity contribution >= 4 is 23.4 Å². The quantitative estimate of drug-likeness (QED) is 0.781. The summed E-state index contributed by atoms with van der Waals surface area (Å²) in [4.78, 5) is 13.0. The van der Waals surface area contributed by atoms with E-state index in [1.54, 1.807) is 30.3 Å². The maximum absolute atomic E-state index is 14.1. The standard InChI is InChI=1S/C16H12ClFN2O2S/c1-19-14(21)15(23-13-9-5-2-6-10(13)17)20(16(19)22)12-8-4-3-7-11(12)18/h2-9,21H,1H3. The van der Waals surface area contributed by atoms with Crippen LogP contribution in [0.4, 0.5) is 4.39 Å². The summed E-state index contributed by atoms with van der Waals surface area (Å²) in [6, 6.07) is 12.9. The minimum atomic E-state index is -0.554. The first-order valence-corrected chi connectivity index (χ1v) is 7.88. The summed E-state index contributed by atoms with van der Waals surface area (Å²) in [6.07, 6.45) is 0. The molecule has 0 amide bonds. The van der Waals surface area contributed by atoms with Crippen molar-refractivity contribution < 1.29 is 9.50 Å². The minimum absolute atomic E-state index is 0.0722. The SMILES string of the molecule is Cn1c(O)c(Sc2ccccc2Cl)n(-c2ccccc2F)c1=O. The van der Waals surface area contributed by atoms with Gasteiger partial charge >= 0.3 is 5.69 Å². The van der Waals surface area contributed by atoms with E-state index < -0.39 is 11.5 Å². The van der Waals surface area contributed by atoms with Crippen molar-refractivity contribution in [3.63, 3.8) is 0 Å². The van der Waals surface area contributed by atoms with Crippen LogP contribution >= 0.6 is 23.4 Å². The monoisotopic (exact) mass is 350 g/mol. The van der Waals surface area contributed by atoms with Gasteiger partial charge in [-0.15, -0.1) is 0 Å². The van der Waals surface area contributed by atoms with Crippen molar-refractivity contribution in [1.29, 1.82) is 0 Å². The highest BCUT2D eigenvalue weighted by molar-refractivity contribution is 7.99. The molecule has 1 aromatic heterocycles. The van der Waals surface area contributed by atoms with Gasteiger partial charge in [0.05, 0.1) is 10.7 Å². The lowest BCUT2D eigenvalue weighted by atomic mass is 10.3. The van der Waals surface area contributed by atoms with Gasteiger partial charge in [0.15, 0.2) is 0 Å². The zero-order valence-electron chi connectivity index (χ0n) is 12.0. The van der Waals surface area contributed by atoms with Crippen LogP contribution in [0.1, 0.15) is 0 Å². The smallest absolute Gasteiger partial charge is 0.336 e. The molecule has 0 radical (unpaired) electrons.